The molecule has 1 N–H and O–H groups in total. The van der Waals surface area contributed by atoms with Crippen molar-refractivity contribution in [1.29, 1.82) is 0 Å². The maximum atomic E-state index is 12.0. The van der Waals surface area contributed by atoms with Crippen LogP contribution in [0.5, 0.6) is 0 Å². The number of esters is 4. The minimum absolute atomic E-state index is 0.173. The molecule has 0 radical (unpaired) electrons. The van der Waals surface area contributed by atoms with Crippen LogP contribution in [0.1, 0.15) is 39.3 Å². The molecule has 1 fully saturated rings. The molecule has 11 heteroatoms. The quantitative estimate of drug-likeness (QED) is 0.258. The first kappa shape index (κ1) is 31.1. The van der Waals surface area contributed by atoms with Crippen molar-refractivity contribution in [2.75, 3.05) is 18.5 Å². The highest BCUT2D eigenvalue weighted by atomic mass is 16.7. The largest absolute Gasteiger partial charge is 0.463 e. The first-order valence-corrected chi connectivity index (χ1v) is 12.9. The zero-order valence-corrected chi connectivity index (χ0v) is 23.2. The van der Waals surface area contributed by atoms with Crippen molar-refractivity contribution in [2.24, 2.45) is 0 Å². The van der Waals surface area contributed by atoms with Crippen LogP contribution in [0.15, 0.2) is 60.7 Å². The minimum Gasteiger partial charge on any atom is -0.463 e. The van der Waals surface area contributed by atoms with Gasteiger partial charge < -0.3 is 33.7 Å². The second kappa shape index (κ2) is 15.4. The highest BCUT2D eigenvalue weighted by Gasteiger charge is 2.52. The summed E-state index contributed by atoms with van der Waals surface area (Å²) < 4.78 is 33.1. The lowest BCUT2D eigenvalue weighted by Gasteiger charge is -2.43. The predicted molar refractivity (Wildman–Crippen MR) is 145 cm³/mol. The Hall–Kier alpha value is -4.40. The lowest BCUT2D eigenvalue weighted by molar-refractivity contribution is -0.305. The Kier molecular flexibility index (Phi) is 11.7. The van der Waals surface area contributed by atoms with Crippen molar-refractivity contribution in [3.63, 3.8) is 0 Å². The summed E-state index contributed by atoms with van der Waals surface area (Å²) in [6.07, 6.45) is -6.30. The second-order valence-corrected chi connectivity index (χ2v) is 9.05. The van der Waals surface area contributed by atoms with Crippen molar-refractivity contribution in [3.8, 4) is 11.8 Å². The number of carbonyl (C=O) groups excluding carboxylic acids is 4. The maximum Gasteiger partial charge on any atom is 0.303 e. The van der Waals surface area contributed by atoms with Gasteiger partial charge in [0.1, 0.15) is 25.4 Å². The zero-order chi connectivity index (χ0) is 29.8. The number of hydrogen-bond donors (Lipinski definition) is 1. The number of anilines is 1. The summed E-state index contributed by atoms with van der Waals surface area (Å²) in [5.74, 6) is 3.32. The van der Waals surface area contributed by atoms with Gasteiger partial charge in [-0.3, -0.25) is 19.2 Å². The van der Waals surface area contributed by atoms with E-state index < -0.39 is 54.6 Å². The number of para-hydroxylation sites is 1. The molecule has 1 unspecified atom stereocenters. The van der Waals surface area contributed by atoms with E-state index >= 15 is 0 Å². The van der Waals surface area contributed by atoms with E-state index in [2.05, 4.69) is 17.2 Å². The van der Waals surface area contributed by atoms with E-state index in [-0.39, 0.29) is 19.3 Å². The van der Waals surface area contributed by atoms with Gasteiger partial charge in [0.15, 0.2) is 24.6 Å². The SMILES string of the molecule is CC(=O)OC[C@H]1O[C@H](OCC#CC(Nc2ccccc2)c2ccccc2)[C@@H](OC(C)=O)[C@@H](OC(C)=O)[C@@H]1OC(C)=O. The summed E-state index contributed by atoms with van der Waals surface area (Å²) >= 11 is 0. The van der Waals surface area contributed by atoms with Gasteiger partial charge in [0, 0.05) is 33.4 Å². The standard InChI is InChI=1S/C30H33NO10/c1-19(32)37-18-26-27(38-20(2)33)28(39-21(3)34)29(40-22(4)35)30(41-26)36-17-11-16-25(23-12-7-5-8-13-23)31-24-14-9-6-10-15-24/h5-10,12-15,25-31H,17-18H2,1-4H3/t25?,26-,27-,28+,29+,30+/m1/s1. The fraction of sp³-hybridized carbons (Fsp3) is 0.400. The van der Waals surface area contributed by atoms with Gasteiger partial charge in [0.25, 0.3) is 0 Å². The van der Waals surface area contributed by atoms with Gasteiger partial charge in [-0.1, -0.05) is 60.4 Å². The van der Waals surface area contributed by atoms with Crippen LogP contribution in [0, 0.1) is 11.8 Å². The molecule has 1 saturated heterocycles. The summed E-state index contributed by atoms with van der Waals surface area (Å²) in [5, 5.41) is 3.37. The fourth-order valence-electron chi connectivity index (χ4n) is 4.14. The Bertz CT molecular complexity index is 1240. The van der Waals surface area contributed by atoms with E-state index in [1.165, 1.54) is 6.92 Å². The second-order valence-electron chi connectivity index (χ2n) is 9.05. The van der Waals surface area contributed by atoms with Crippen LogP contribution < -0.4 is 5.32 Å². The molecule has 218 valence electrons. The molecule has 0 aliphatic carbocycles. The molecule has 1 heterocycles. The number of hydrogen-bond acceptors (Lipinski definition) is 11. The smallest absolute Gasteiger partial charge is 0.303 e. The number of ether oxygens (including phenoxy) is 6. The van der Waals surface area contributed by atoms with Crippen molar-refractivity contribution in [1.82, 2.24) is 0 Å². The Morgan fingerprint density at radius 1 is 0.780 bits per heavy atom. The van der Waals surface area contributed by atoms with Gasteiger partial charge in [0.2, 0.25) is 0 Å². The molecule has 1 aliphatic rings. The van der Waals surface area contributed by atoms with Crippen molar-refractivity contribution in [2.45, 2.75) is 64.4 Å². The molecule has 2 aromatic carbocycles. The molecule has 41 heavy (non-hydrogen) atoms. The van der Waals surface area contributed by atoms with E-state index in [0.29, 0.717) is 0 Å². The van der Waals surface area contributed by atoms with Crippen molar-refractivity contribution in [3.05, 3.63) is 66.2 Å². The van der Waals surface area contributed by atoms with E-state index in [9.17, 15) is 19.2 Å². The predicted octanol–water partition coefficient (Wildman–Crippen LogP) is 2.94. The lowest BCUT2D eigenvalue weighted by Crippen LogP contribution is -2.63. The lowest BCUT2D eigenvalue weighted by atomic mass is 9.98. The van der Waals surface area contributed by atoms with Crippen LogP contribution in [0.2, 0.25) is 0 Å². The molecule has 0 aromatic heterocycles. The average Bonchev–Trinajstić information content (AvgIpc) is 2.92. The molecule has 11 nitrogen and oxygen atoms in total. The van der Waals surface area contributed by atoms with Gasteiger partial charge in [-0.15, -0.1) is 0 Å². The first-order valence-electron chi connectivity index (χ1n) is 12.9. The molecular weight excluding hydrogens is 534 g/mol. The van der Waals surface area contributed by atoms with Crippen LogP contribution >= 0.6 is 0 Å². The van der Waals surface area contributed by atoms with Crippen LogP contribution in [0.3, 0.4) is 0 Å². The van der Waals surface area contributed by atoms with E-state index in [1.54, 1.807) is 0 Å². The van der Waals surface area contributed by atoms with Gasteiger partial charge in [0.05, 0.1) is 0 Å². The monoisotopic (exact) mass is 567 g/mol. The van der Waals surface area contributed by atoms with Gasteiger partial charge in [-0.25, -0.2) is 0 Å². The van der Waals surface area contributed by atoms with Crippen LogP contribution in [-0.4, -0.2) is 67.8 Å². The Balaban J connectivity index is 1.85. The molecule has 0 bridgehead atoms. The Morgan fingerprint density at radius 2 is 1.34 bits per heavy atom. The first-order chi connectivity index (χ1) is 19.6. The Labute approximate surface area is 238 Å². The highest BCUT2D eigenvalue weighted by molar-refractivity contribution is 5.68. The molecule has 0 spiro atoms. The summed E-state index contributed by atoms with van der Waals surface area (Å²) in [5.41, 5.74) is 1.80. The number of rotatable bonds is 10. The molecule has 3 rings (SSSR count). The summed E-state index contributed by atoms with van der Waals surface area (Å²) in [7, 11) is 0. The molecule has 1 aliphatic heterocycles. The number of nitrogens with one attached hydrogen (secondary N) is 1. The van der Waals surface area contributed by atoms with Gasteiger partial charge in [-0.2, -0.15) is 0 Å². The van der Waals surface area contributed by atoms with E-state index in [0.717, 1.165) is 32.0 Å². The van der Waals surface area contributed by atoms with E-state index in [4.69, 9.17) is 28.4 Å². The average molecular weight is 568 g/mol. The Morgan fingerprint density at radius 3 is 1.93 bits per heavy atom. The zero-order valence-electron chi connectivity index (χ0n) is 23.2. The van der Waals surface area contributed by atoms with Gasteiger partial charge >= 0.3 is 23.9 Å². The fourth-order valence-corrected chi connectivity index (χ4v) is 4.14. The molecule has 6 atom stereocenters. The third-order valence-corrected chi connectivity index (χ3v) is 5.73. The summed E-state index contributed by atoms with van der Waals surface area (Å²) in [6, 6.07) is 18.8. The molecular formula is C30H33NO10. The van der Waals surface area contributed by atoms with Crippen LogP contribution in [0.25, 0.3) is 0 Å². The number of benzene rings is 2. The maximum absolute atomic E-state index is 12.0. The number of carbonyl (C=O) groups is 4. The van der Waals surface area contributed by atoms with Gasteiger partial charge in [-0.05, 0) is 17.7 Å². The molecule has 0 amide bonds. The van der Waals surface area contributed by atoms with Crippen molar-refractivity contribution < 1.29 is 47.6 Å². The molecule has 0 saturated carbocycles. The third kappa shape index (κ3) is 9.94. The van der Waals surface area contributed by atoms with Crippen LogP contribution in [-0.2, 0) is 47.6 Å². The molecule has 2 aromatic rings. The normalized spacial score (nSPS) is 22.2. The van der Waals surface area contributed by atoms with Crippen molar-refractivity contribution >= 4 is 29.6 Å². The third-order valence-electron chi connectivity index (χ3n) is 5.73. The topological polar surface area (TPSA) is 136 Å². The van der Waals surface area contributed by atoms with E-state index in [1.807, 2.05) is 60.7 Å². The summed E-state index contributed by atoms with van der Waals surface area (Å²) in [4.78, 5) is 47.3. The highest BCUT2D eigenvalue weighted by Crippen LogP contribution is 2.30. The van der Waals surface area contributed by atoms with Crippen LogP contribution in [0.4, 0.5) is 5.69 Å². The summed E-state index contributed by atoms with van der Waals surface area (Å²) in [6.45, 7) is 4.14. The minimum atomic E-state index is -1.32.